The molecule has 26 heavy (non-hydrogen) atoms. The number of thioether (sulfide) groups is 1. The third-order valence-electron chi connectivity index (χ3n) is 4.89. The maximum absolute atomic E-state index is 12.8. The van der Waals surface area contributed by atoms with Crippen LogP contribution in [0.1, 0.15) is 48.5 Å². The van der Waals surface area contributed by atoms with Crippen LogP contribution in [-0.4, -0.2) is 47.1 Å². The highest BCUT2D eigenvalue weighted by Crippen LogP contribution is 2.25. The molecular weight excluding hydrogens is 348 g/mol. The van der Waals surface area contributed by atoms with Gasteiger partial charge in [-0.2, -0.15) is 0 Å². The number of rotatable bonds is 9. The van der Waals surface area contributed by atoms with E-state index in [0.717, 1.165) is 24.3 Å². The Morgan fingerprint density at radius 2 is 2.08 bits per heavy atom. The van der Waals surface area contributed by atoms with Gasteiger partial charge in [0.2, 0.25) is 0 Å². The summed E-state index contributed by atoms with van der Waals surface area (Å²) >= 11 is 1.49. The summed E-state index contributed by atoms with van der Waals surface area (Å²) in [6, 6.07) is 5.50. The van der Waals surface area contributed by atoms with Crippen molar-refractivity contribution in [2.75, 3.05) is 20.6 Å². The van der Waals surface area contributed by atoms with Gasteiger partial charge in [-0.25, -0.2) is 4.98 Å². The topological polar surface area (TPSA) is 71.3 Å². The SMILES string of the molecule is CCC(CC)(CNC(=O)c1cccnc1SCc1cc(C)on1)N(C)C. The Kier molecular flexibility index (Phi) is 7.23. The van der Waals surface area contributed by atoms with Crippen molar-refractivity contribution in [2.45, 2.75) is 49.9 Å². The first kappa shape index (κ1) is 20.5. The average molecular weight is 377 g/mol. The average Bonchev–Trinajstić information content (AvgIpc) is 3.06. The van der Waals surface area contributed by atoms with E-state index in [1.807, 2.05) is 19.1 Å². The first-order chi connectivity index (χ1) is 12.4. The molecule has 0 fully saturated rings. The summed E-state index contributed by atoms with van der Waals surface area (Å²) in [4.78, 5) is 19.3. The zero-order chi connectivity index (χ0) is 19.2. The van der Waals surface area contributed by atoms with Gasteiger partial charge in [-0.1, -0.05) is 30.8 Å². The Morgan fingerprint density at radius 3 is 2.65 bits per heavy atom. The minimum Gasteiger partial charge on any atom is -0.361 e. The van der Waals surface area contributed by atoms with Gasteiger partial charge in [0, 0.05) is 30.1 Å². The second-order valence-corrected chi connectivity index (χ2v) is 7.55. The number of aryl methyl sites for hydroxylation is 1. The van der Waals surface area contributed by atoms with Crippen LogP contribution >= 0.6 is 11.8 Å². The van der Waals surface area contributed by atoms with E-state index < -0.39 is 0 Å². The Labute approximate surface area is 159 Å². The first-order valence-corrected chi connectivity index (χ1v) is 9.86. The van der Waals surface area contributed by atoms with Crippen LogP contribution in [0.25, 0.3) is 0 Å². The molecule has 2 aromatic heterocycles. The maximum Gasteiger partial charge on any atom is 0.254 e. The summed E-state index contributed by atoms with van der Waals surface area (Å²) in [7, 11) is 4.12. The summed E-state index contributed by atoms with van der Waals surface area (Å²) in [5, 5.41) is 7.79. The number of nitrogens with zero attached hydrogens (tertiary/aromatic N) is 3. The fourth-order valence-corrected chi connectivity index (χ4v) is 3.81. The Morgan fingerprint density at radius 1 is 1.35 bits per heavy atom. The lowest BCUT2D eigenvalue weighted by Crippen LogP contribution is -2.52. The molecule has 1 N–H and O–H groups in total. The van der Waals surface area contributed by atoms with Crippen molar-refractivity contribution in [3.05, 3.63) is 41.4 Å². The molecule has 2 aromatic rings. The number of carbonyl (C=O) groups is 1. The fourth-order valence-electron chi connectivity index (χ4n) is 2.94. The molecule has 142 valence electrons. The Bertz CT molecular complexity index is 726. The number of hydrogen-bond donors (Lipinski definition) is 1. The third kappa shape index (κ3) is 4.86. The number of carbonyl (C=O) groups excluding carboxylic acids is 1. The smallest absolute Gasteiger partial charge is 0.254 e. The minimum absolute atomic E-state index is 0.0383. The van der Waals surface area contributed by atoms with E-state index in [1.165, 1.54) is 11.8 Å². The zero-order valence-electron chi connectivity index (χ0n) is 16.2. The predicted molar refractivity (Wildman–Crippen MR) is 104 cm³/mol. The van der Waals surface area contributed by atoms with Crippen LogP contribution in [0, 0.1) is 6.92 Å². The van der Waals surface area contributed by atoms with E-state index in [2.05, 4.69) is 48.3 Å². The summed E-state index contributed by atoms with van der Waals surface area (Å²) in [6.07, 6.45) is 3.64. The van der Waals surface area contributed by atoms with Crippen molar-refractivity contribution in [3.63, 3.8) is 0 Å². The minimum atomic E-state index is -0.0925. The summed E-state index contributed by atoms with van der Waals surface area (Å²) < 4.78 is 5.09. The van der Waals surface area contributed by atoms with Gasteiger partial charge in [-0.3, -0.25) is 4.79 Å². The van der Waals surface area contributed by atoms with Crippen molar-refractivity contribution >= 4 is 17.7 Å². The molecule has 0 aliphatic rings. The molecule has 0 radical (unpaired) electrons. The molecule has 0 spiro atoms. The van der Waals surface area contributed by atoms with E-state index in [4.69, 9.17) is 4.52 Å². The quantitative estimate of drug-likeness (QED) is 0.675. The normalized spacial score (nSPS) is 11.8. The van der Waals surface area contributed by atoms with Gasteiger partial charge in [0.1, 0.15) is 10.8 Å². The molecule has 0 saturated heterocycles. The van der Waals surface area contributed by atoms with Gasteiger partial charge in [0.25, 0.3) is 5.91 Å². The van der Waals surface area contributed by atoms with E-state index >= 15 is 0 Å². The van der Waals surface area contributed by atoms with Gasteiger partial charge in [0.05, 0.1) is 11.3 Å². The van der Waals surface area contributed by atoms with Gasteiger partial charge < -0.3 is 14.7 Å². The second-order valence-electron chi connectivity index (χ2n) is 6.58. The summed E-state index contributed by atoms with van der Waals surface area (Å²) in [5.41, 5.74) is 1.40. The zero-order valence-corrected chi connectivity index (χ0v) is 17.0. The molecule has 0 aromatic carbocycles. The number of nitrogens with one attached hydrogen (secondary N) is 1. The number of aromatic nitrogens is 2. The van der Waals surface area contributed by atoms with E-state index in [-0.39, 0.29) is 11.4 Å². The summed E-state index contributed by atoms with van der Waals surface area (Å²) in [5.74, 6) is 1.30. The highest BCUT2D eigenvalue weighted by Gasteiger charge is 2.29. The molecule has 2 heterocycles. The number of likely N-dealkylation sites (N-methyl/N-ethyl adjacent to an activating group) is 1. The lowest BCUT2D eigenvalue weighted by atomic mass is 9.91. The monoisotopic (exact) mass is 376 g/mol. The van der Waals surface area contributed by atoms with Gasteiger partial charge in [-0.15, -0.1) is 0 Å². The molecular formula is C19H28N4O2S. The fraction of sp³-hybridized carbons (Fsp3) is 0.526. The van der Waals surface area contributed by atoms with Crippen LogP contribution in [0.4, 0.5) is 0 Å². The standard InChI is InChI=1S/C19H28N4O2S/c1-6-19(7-2,23(4)5)13-21-17(24)16-9-8-10-20-18(16)26-12-15-11-14(3)25-22-15/h8-11H,6-7,12-13H2,1-5H3,(H,21,24). The van der Waals surface area contributed by atoms with Crippen LogP contribution in [0.3, 0.4) is 0 Å². The molecule has 1 amide bonds. The van der Waals surface area contributed by atoms with E-state index in [0.29, 0.717) is 22.9 Å². The molecule has 0 saturated carbocycles. The highest BCUT2D eigenvalue weighted by atomic mass is 32.2. The van der Waals surface area contributed by atoms with Crippen molar-refractivity contribution in [1.29, 1.82) is 0 Å². The van der Waals surface area contributed by atoms with Crippen LogP contribution in [-0.2, 0) is 5.75 Å². The van der Waals surface area contributed by atoms with Gasteiger partial charge in [0.15, 0.2) is 0 Å². The molecule has 2 rings (SSSR count). The molecule has 0 bridgehead atoms. The highest BCUT2D eigenvalue weighted by molar-refractivity contribution is 7.98. The molecule has 0 aliphatic heterocycles. The maximum atomic E-state index is 12.8. The molecule has 0 aliphatic carbocycles. The van der Waals surface area contributed by atoms with Crippen LogP contribution in [0.15, 0.2) is 33.9 Å². The number of amides is 1. The van der Waals surface area contributed by atoms with E-state index in [1.54, 1.807) is 12.3 Å². The molecule has 0 atom stereocenters. The second kappa shape index (κ2) is 9.19. The number of pyridine rings is 1. The number of hydrogen-bond acceptors (Lipinski definition) is 6. The van der Waals surface area contributed by atoms with Crippen molar-refractivity contribution in [3.8, 4) is 0 Å². The van der Waals surface area contributed by atoms with E-state index in [9.17, 15) is 4.79 Å². The first-order valence-electron chi connectivity index (χ1n) is 8.87. The Hall–Kier alpha value is -1.86. The van der Waals surface area contributed by atoms with Gasteiger partial charge >= 0.3 is 0 Å². The van der Waals surface area contributed by atoms with Crippen molar-refractivity contribution in [1.82, 2.24) is 20.4 Å². The molecule has 6 nitrogen and oxygen atoms in total. The lowest BCUT2D eigenvalue weighted by molar-refractivity contribution is 0.0879. The predicted octanol–water partition coefficient (Wildman–Crippen LogP) is 3.52. The summed E-state index contributed by atoms with van der Waals surface area (Å²) in [6.45, 7) is 6.77. The van der Waals surface area contributed by atoms with Crippen molar-refractivity contribution in [2.24, 2.45) is 0 Å². The molecule has 7 heteroatoms. The van der Waals surface area contributed by atoms with Crippen LogP contribution in [0.2, 0.25) is 0 Å². The lowest BCUT2D eigenvalue weighted by Gasteiger charge is -2.38. The van der Waals surface area contributed by atoms with Gasteiger partial charge in [-0.05, 0) is 46.0 Å². The molecule has 0 unspecified atom stereocenters. The largest absolute Gasteiger partial charge is 0.361 e. The van der Waals surface area contributed by atoms with Crippen LogP contribution in [0.5, 0.6) is 0 Å². The van der Waals surface area contributed by atoms with Crippen LogP contribution < -0.4 is 5.32 Å². The Balaban J connectivity index is 2.06. The van der Waals surface area contributed by atoms with Crippen molar-refractivity contribution < 1.29 is 9.32 Å². The third-order valence-corrected chi connectivity index (χ3v) is 5.93.